The number of rotatable bonds is 0. The first-order chi connectivity index (χ1) is 7.61. The summed E-state index contributed by atoms with van der Waals surface area (Å²) in [5.41, 5.74) is -0.664. The molecule has 1 fully saturated rings. The summed E-state index contributed by atoms with van der Waals surface area (Å²) in [5.74, 6) is 0. The fourth-order valence-electron chi connectivity index (χ4n) is 1.60. The summed E-state index contributed by atoms with van der Waals surface area (Å²) in [6.07, 6.45) is 6.98. The van der Waals surface area contributed by atoms with E-state index in [1.54, 1.807) is 0 Å². The van der Waals surface area contributed by atoms with Gasteiger partial charge < -0.3 is 0 Å². The van der Waals surface area contributed by atoms with Crippen molar-refractivity contribution in [3.8, 4) is 0 Å². The second-order valence-corrected chi connectivity index (χ2v) is 3.85. The van der Waals surface area contributed by atoms with Gasteiger partial charge in [-0.1, -0.05) is 38.5 Å². The Hall–Kier alpha value is -1.06. The Balaban J connectivity index is 0.000000181. The monoisotopic (exact) mass is 231 g/mol. The number of aromatic nitrogens is 1. The van der Waals surface area contributed by atoms with Crippen molar-refractivity contribution in [2.24, 2.45) is 0 Å². The summed E-state index contributed by atoms with van der Waals surface area (Å²) in [6, 6.07) is 1.86. The highest BCUT2D eigenvalue weighted by Crippen LogP contribution is 2.27. The van der Waals surface area contributed by atoms with E-state index in [1.165, 1.54) is 38.5 Å². The second-order valence-electron chi connectivity index (χ2n) is 3.85. The molecule has 0 atom stereocenters. The van der Waals surface area contributed by atoms with Gasteiger partial charge in [-0.15, -0.1) is 0 Å². The van der Waals surface area contributed by atoms with Gasteiger partial charge in [0.05, 0.1) is 5.56 Å². The molecule has 1 aliphatic carbocycles. The Bertz CT molecular complexity index is 267. The van der Waals surface area contributed by atoms with E-state index in [-0.39, 0.29) is 0 Å². The minimum Gasteiger partial charge on any atom is -0.265 e. The summed E-state index contributed by atoms with van der Waals surface area (Å²) >= 11 is 0. The third-order valence-electron chi connectivity index (χ3n) is 2.51. The van der Waals surface area contributed by atoms with Gasteiger partial charge in [-0.3, -0.25) is 4.98 Å². The maximum atomic E-state index is 11.8. The normalized spacial score (nSPS) is 16.2. The molecule has 0 radical (unpaired) electrons. The van der Waals surface area contributed by atoms with E-state index in [9.17, 15) is 13.2 Å². The van der Waals surface area contributed by atoms with Crippen molar-refractivity contribution in [3.05, 3.63) is 30.1 Å². The smallest absolute Gasteiger partial charge is 0.265 e. The highest BCUT2D eigenvalue weighted by atomic mass is 19.4. The lowest BCUT2D eigenvalue weighted by atomic mass is 10.0. The van der Waals surface area contributed by atoms with Gasteiger partial charge in [-0.05, 0) is 12.1 Å². The van der Waals surface area contributed by atoms with Gasteiger partial charge in [-0.25, -0.2) is 0 Å². The molecule has 1 aromatic heterocycles. The maximum Gasteiger partial charge on any atom is 0.416 e. The maximum absolute atomic E-state index is 11.8. The van der Waals surface area contributed by atoms with Gasteiger partial charge in [-0.2, -0.15) is 13.2 Å². The summed E-state index contributed by atoms with van der Waals surface area (Å²) in [7, 11) is 0. The van der Waals surface area contributed by atoms with Gasteiger partial charge in [0, 0.05) is 12.4 Å². The molecule has 4 heteroatoms. The number of halogens is 3. The largest absolute Gasteiger partial charge is 0.416 e. The zero-order valence-corrected chi connectivity index (χ0v) is 9.13. The van der Waals surface area contributed by atoms with E-state index in [2.05, 4.69) is 4.98 Å². The molecule has 1 aromatic rings. The molecule has 16 heavy (non-hydrogen) atoms. The number of hydrogen-bond acceptors (Lipinski definition) is 1. The predicted octanol–water partition coefficient (Wildman–Crippen LogP) is 4.44. The van der Waals surface area contributed by atoms with Crippen LogP contribution in [0.25, 0.3) is 0 Å². The van der Waals surface area contributed by atoms with E-state index >= 15 is 0 Å². The average molecular weight is 231 g/mol. The standard InChI is InChI=1S/C6H4F3N.C6H12/c7-6(8,9)5-1-3-10-4-2-5;1-2-4-6-5-3-1/h1-4H;1-6H2. The zero-order valence-electron chi connectivity index (χ0n) is 9.13. The highest BCUT2D eigenvalue weighted by molar-refractivity contribution is 5.12. The average Bonchev–Trinajstić information content (AvgIpc) is 2.32. The molecule has 1 saturated carbocycles. The first kappa shape index (κ1) is 13.0. The van der Waals surface area contributed by atoms with E-state index in [4.69, 9.17) is 0 Å². The van der Waals surface area contributed by atoms with Crippen molar-refractivity contribution in [2.45, 2.75) is 44.7 Å². The number of hydrogen-bond donors (Lipinski definition) is 0. The first-order valence-electron chi connectivity index (χ1n) is 5.58. The van der Waals surface area contributed by atoms with Crippen molar-refractivity contribution in [3.63, 3.8) is 0 Å². The minimum atomic E-state index is -4.25. The summed E-state index contributed by atoms with van der Waals surface area (Å²) in [6.45, 7) is 0. The van der Waals surface area contributed by atoms with Crippen molar-refractivity contribution in [2.75, 3.05) is 0 Å². The molecule has 1 nitrogen and oxygen atoms in total. The van der Waals surface area contributed by atoms with Crippen LogP contribution in [0.1, 0.15) is 44.1 Å². The van der Waals surface area contributed by atoms with Crippen LogP contribution in [0.2, 0.25) is 0 Å². The predicted molar refractivity (Wildman–Crippen MR) is 56.9 cm³/mol. The van der Waals surface area contributed by atoms with E-state index in [1.807, 2.05) is 0 Å². The fourth-order valence-corrected chi connectivity index (χ4v) is 1.60. The molecule has 90 valence electrons. The Kier molecular flexibility index (Phi) is 5.29. The van der Waals surface area contributed by atoms with Crippen LogP contribution >= 0.6 is 0 Å². The molecule has 0 aromatic carbocycles. The Morgan fingerprint density at radius 1 is 0.812 bits per heavy atom. The van der Waals surface area contributed by atoms with Gasteiger partial charge in [0.2, 0.25) is 0 Å². The molecule has 0 bridgehead atoms. The SMILES string of the molecule is C1CCCCC1.FC(F)(F)c1ccncc1. The first-order valence-corrected chi connectivity index (χ1v) is 5.58. The third kappa shape index (κ3) is 5.14. The molecule has 0 unspecified atom stereocenters. The molecule has 0 spiro atoms. The molecule has 0 N–H and O–H groups in total. The van der Waals surface area contributed by atoms with Crippen molar-refractivity contribution < 1.29 is 13.2 Å². The van der Waals surface area contributed by atoms with Gasteiger partial charge in [0.15, 0.2) is 0 Å². The van der Waals surface area contributed by atoms with Crippen molar-refractivity contribution in [1.29, 1.82) is 0 Å². The van der Waals surface area contributed by atoms with E-state index < -0.39 is 11.7 Å². The molecule has 1 heterocycles. The lowest BCUT2D eigenvalue weighted by Crippen LogP contribution is -2.03. The van der Waals surface area contributed by atoms with Crippen LogP contribution in [0.4, 0.5) is 13.2 Å². The van der Waals surface area contributed by atoms with Crippen LogP contribution in [-0.2, 0) is 6.18 Å². The van der Waals surface area contributed by atoms with Crippen LogP contribution < -0.4 is 0 Å². The molecule has 0 aliphatic heterocycles. The fraction of sp³-hybridized carbons (Fsp3) is 0.583. The summed E-state index contributed by atoms with van der Waals surface area (Å²) in [5, 5.41) is 0. The zero-order chi connectivity index (χ0) is 11.9. The molecule has 1 aliphatic rings. The topological polar surface area (TPSA) is 12.9 Å². The van der Waals surface area contributed by atoms with Gasteiger partial charge in [0.1, 0.15) is 0 Å². The van der Waals surface area contributed by atoms with Gasteiger partial charge >= 0.3 is 6.18 Å². The lowest BCUT2D eigenvalue weighted by molar-refractivity contribution is -0.137. The summed E-state index contributed by atoms with van der Waals surface area (Å²) < 4.78 is 35.3. The van der Waals surface area contributed by atoms with Crippen LogP contribution in [-0.4, -0.2) is 4.98 Å². The third-order valence-corrected chi connectivity index (χ3v) is 2.51. The molecule has 0 amide bonds. The number of nitrogens with zero attached hydrogens (tertiary/aromatic N) is 1. The molecule has 0 saturated heterocycles. The number of pyridine rings is 1. The lowest BCUT2D eigenvalue weighted by Gasteiger charge is -2.05. The second kappa shape index (κ2) is 6.51. The van der Waals surface area contributed by atoms with Gasteiger partial charge in [0.25, 0.3) is 0 Å². The van der Waals surface area contributed by atoms with Crippen molar-refractivity contribution >= 4 is 0 Å². The molecule has 2 rings (SSSR count). The Morgan fingerprint density at radius 2 is 1.19 bits per heavy atom. The number of alkyl halides is 3. The molecular weight excluding hydrogens is 215 g/mol. The van der Waals surface area contributed by atoms with Crippen LogP contribution in [0.3, 0.4) is 0 Å². The quantitative estimate of drug-likeness (QED) is 0.643. The Morgan fingerprint density at radius 3 is 1.44 bits per heavy atom. The van der Waals surface area contributed by atoms with Crippen LogP contribution in [0.15, 0.2) is 24.5 Å². The minimum absolute atomic E-state index is 0.664. The Labute approximate surface area is 93.7 Å². The van der Waals surface area contributed by atoms with E-state index in [0.29, 0.717) is 0 Å². The molecular formula is C12H16F3N. The summed E-state index contributed by atoms with van der Waals surface area (Å²) in [4.78, 5) is 3.46. The highest BCUT2D eigenvalue weighted by Gasteiger charge is 2.29. The van der Waals surface area contributed by atoms with Crippen LogP contribution in [0, 0.1) is 0 Å². The van der Waals surface area contributed by atoms with E-state index in [0.717, 1.165) is 24.5 Å². The van der Waals surface area contributed by atoms with Crippen LogP contribution in [0.5, 0.6) is 0 Å². The van der Waals surface area contributed by atoms with Crippen molar-refractivity contribution in [1.82, 2.24) is 4.98 Å².